The molecule has 4 heteroatoms. The van der Waals surface area contributed by atoms with E-state index < -0.39 is 0 Å². The summed E-state index contributed by atoms with van der Waals surface area (Å²) >= 11 is 0. The smallest absolute Gasteiger partial charge is 0.185 e. The molecule has 0 saturated heterocycles. The molecular weight excluding hydrogens is 410 g/mol. The number of ether oxygens (including phenoxy) is 2. The molecule has 1 aromatic heterocycles. The second-order valence-corrected chi connectivity index (χ2v) is 7.89. The van der Waals surface area contributed by atoms with E-state index in [0.717, 1.165) is 33.9 Å². The summed E-state index contributed by atoms with van der Waals surface area (Å²) in [6.45, 7) is 4.50. The van der Waals surface area contributed by atoms with Crippen LogP contribution in [0, 0.1) is 13.8 Å². The minimum absolute atomic E-state index is 0.0435. The summed E-state index contributed by atoms with van der Waals surface area (Å²) in [5, 5.41) is 0. The number of methoxy groups -OCH3 is 1. The van der Waals surface area contributed by atoms with Crippen molar-refractivity contribution in [2.45, 2.75) is 20.5 Å². The van der Waals surface area contributed by atoms with Crippen molar-refractivity contribution in [3.05, 3.63) is 119 Å². The third kappa shape index (κ3) is 5.24. The highest BCUT2D eigenvalue weighted by Crippen LogP contribution is 2.26. The summed E-state index contributed by atoms with van der Waals surface area (Å²) in [5.41, 5.74) is 5.81. The predicted molar refractivity (Wildman–Crippen MR) is 132 cm³/mol. The minimum atomic E-state index is -0.0435. The summed E-state index contributed by atoms with van der Waals surface area (Å²) in [6.07, 6.45) is 7.37. The first kappa shape index (κ1) is 22.2. The van der Waals surface area contributed by atoms with Crippen LogP contribution in [0.1, 0.15) is 32.6 Å². The summed E-state index contributed by atoms with van der Waals surface area (Å²) in [4.78, 5) is 12.7. The van der Waals surface area contributed by atoms with Crippen LogP contribution in [-0.4, -0.2) is 17.5 Å². The van der Waals surface area contributed by atoms with Gasteiger partial charge in [0.15, 0.2) is 5.78 Å². The van der Waals surface area contributed by atoms with Gasteiger partial charge in [0.25, 0.3) is 0 Å². The molecule has 3 aromatic carbocycles. The monoisotopic (exact) mass is 437 g/mol. The van der Waals surface area contributed by atoms with Crippen LogP contribution in [-0.2, 0) is 6.61 Å². The maximum absolute atomic E-state index is 12.7. The zero-order chi connectivity index (χ0) is 23.2. The predicted octanol–water partition coefficient (Wildman–Crippen LogP) is 6.58. The fraction of sp³-hybridized carbons (Fsp3) is 0.138. The van der Waals surface area contributed by atoms with Crippen LogP contribution < -0.4 is 9.47 Å². The van der Waals surface area contributed by atoms with Gasteiger partial charge in [-0.15, -0.1) is 0 Å². The van der Waals surface area contributed by atoms with Crippen molar-refractivity contribution in [3.8, 4) is 17.2 Å². The average molecular weight is 438 g/mol. The first-order valence-corrected chi connectivity index (χ1v) is 10.9. The molecule has 0 radical (unpaired) electrons. The van der Waals surface area contributed by atoms with Crippen LogP contribution in [0.3, 0.4) is 0 Å². The molecule has 0 aliphatic heterocycles. The van der Waals surface area contributed by atoms with Crippen LogP contribution in [0.15, 0.2) is 91.3 Å². The van der Waals surface area contributed by atoms with Gasteiger partial charge in [0.2, 0.25) is 0 Å². The van der Waals surface area contributed by atoms with Gasteiger partial charge in [-0.25, -0.2) is 0 Å². The van der Waals surface area contributed by atoms with Crippen LogP contribution >= 0.6 is 0 Å². The molecular formula is C29H27NO3. The molecule has 166 valence electrons. The van der Waals surface area contributed by atoms with Gasteiger partial charge in [-0.2, -0.15) is 0 Å². The molecule has 0 fully saturated rings. The molecule has 0 aliphatic carbocycles. The average Bonchev–Trinajstić information content (AvgIpc) is 3.39. The number of allylic oxidation sites excluding steroid dienone is 1. The highest BCUT2D eigenvalue weighted by atomic mass is 16.5. The summed E-state index contributed by atoms with van der Waals surface area (Å²) in [7, 11) is 1.65. The van der Waals surface area contributed by atoms with Gasteiger partial charge < -0.3 is 14.0 Å². The molecule has 0 unspecified atom stereocenters. The number of hydrogen-bond acceptors (Lipinski definition) is 3. The Morgan fingerprint density at radius 1 is 0.909 bits per heavy atom. The van der Waals surface area contributed by atoms with E-state index >= 15 is 0 Å². The standard InChI is InChI=1S/C29H27NO3/c1-21-7-6-8-28(22(21)2)33-20-25-19-23(10-16-29(25)32-3)9-15-27(31)24-11-13-26(14-12-24)30-17-4-5-18-30/h4-19H,20H2,1-3H3/b15-9+. The number of benzene rings is 3. The van der Waals surface area contributed by atoms with E-state index in [-0.39, 0.29) is 5.78 Å². The molecule has 0 N–H and O–H groups in total. The zero-order valence-corrected chi connectivity index (χ0v) is 19.1. The fourth-order valence-corrected chi connectivity index (χ4v) is 3.62. The molecule has 0 amide bonds. The quantitative estimate of drug-likeness (QED) is 0.231. The number of hydrogen-bond donors (Lipinski definition) is 0. The van der Waals surface area contributed by atoms with E-state index in [1.54, 1.807) is 13.2 Å². The highest BCUT2D eigenvalue weighted by molar-refractivity contribution is 6.06. The van der Waals surface area contributed by atoms with Crippen molar-refractivity contribution in [1.29, 1.82) is 0 Å². The second-order valence-electron chi connectivity index (χ2n) is 7.89. The van der Waals surface area contributed by atoms with Gasteiger partial charge in [0.1, 0.15) is 18.1 Å². The van der Waals surface area contributed by atoms with E-state index in [9.17, 15) is 4.79 Å². The maximum Gasteiger partial charge on any atom is 0.185 e. The van der Waals surface area contributed by atoms with Crippen molar-refractivity contribution in [3.63, 3.8) is 0 Å². The van der Waals surface area contributed by atoms with Crippen molar-refractivity contribution in [2.24, 2.45) is 0 Å². The largest absolute Gasteiger partial charge is 0.496 e. The Morgan fingerprint density at radius 3 is 2.39 bits per heavy atom. The van der Waals surface area contributed by atoms with Gasteiger partial charge in [0.05, 0.1) is 7.11 Å². The molecule has 4 rings (SSSR count). The lowest BCUT2D eigenvalue weighted by molar-refractivity contribution is 0.104. The Labute approximate surface area is 194 Å². The van der Waals surface area contributed by atoms with E-state index in [1.807, 2.05) is 89.8 Å². The van der Waals surface area contributed by atoms with Crippen LogP contribution in [0.25, 0.3) is 11.8 Å². The molecule has 0 saturated carbocycles. The highest BCUT2D eigenvalue weighted by Gasteiger charge is 2.08. The van der Waals surface area contributed by atoms with E-state index in [4.69, 9.17) is 9.47 Å². The van der Waals surface area contributed by atoms with E-state index in [1.165, 1.54) is 5.56 Å². The lowest BCUT2D eigenvalue weighted by Crippen LogP contribution is -2.01. The first-order valence-electron chi connectivity index (χ1n) is 10.9. The number of aromatic nitrogens is 1. The van der Waals surface area contributed by atoms with Crippen molar-refractivity contribution < 1.29 is 14.3 Å². The molecule has 0 aliphatic rings. The van der Waals surface area contributed by atoms with Crippen molar-refractivity contribution in [2.75, 3.05) is 7.11 Å². The maximum atomic E-state index is 12.7. The molecule has 0 spiro atoms. The fourth-order valence-electron chi connectivity index (χ4n) is 3.62. The molecule has 0 atom stereocenters. The number of carbonyl (C=O) groups excluding carboxylic acids is 1. The van der Waals surface area contributed by atoms with E-state index in [2.05, 4.69) is 19.9 Å². The summed E-state index contributed by atoms with van der Waals surface area (Å²) < 4.78 is 13.6. The van der Waals surface area contributed by atoms with E-state index in [0.29, 0.717) is 12.2 Å². The number of rotatable bonds is 8. The van der Waals surface area contributed by atoms with Gasteiger partial charge in [-0.05, 0) is 91.2 Å². The number of nitrogens with zero attached hydrogens (tertiary/aromatic N) is 1. The number of aryl methyl sites for hydroxylation is 1. The zero-order valence-electron chi connectivity index (χ0n) is 19.1. The van der Waals surface area contributed by atoms with Gasteiger partial charge in [0, 0.05) is 29.2 Å². The molecule has 4 nitrogen and oxygen atoms in total. The third-order valence-electron chi connectivity index (χ3n) is 5.72. The summed E-state index contributed by atoms with van der Waals surface area (Å²) in [6, 6.07) is 23.4. The van der Waals surface area contributed by atoms with Gasteiger partial charge in [-0.1, -0.05) is 24.3 Å². The summed E-state index contributed by atoms with van der Waals surface area (Å²) in [5.74, 6) is 1.57. The first-order chi connectivity index (χ1) is 16.0. The number of ketones is 1. The molecule has 4 aromatic rings. The lowest BCUT2D eigenvalue weighted by atomic mass is 10.1. The second kappa shape index (κ2) is 10.0. The van der Waals surface area contributed by atoms with Crippen LogP contribution in [0.5, 0.6) is 11.5 Å². The Kier molecular flexibility index (Phi) is 6.75. The molecule has 33 heavy (non-hydrogen) atoms. The van der Waals surface area contributed by atoms with Gasteiger partial charge >= 0.3 is 0 Å². The Morgan fingerprint density at radius 2 is 1.67 bits per heavy atom. The molecule has 0 bridgehead atoms. The normalized spacial score (nSPS) is 11.0. The van der Waals surface area contributed by atoms with Crippen LogP contribution in [0.2, 0.25) is 0 Å². The molecule has 1 heterocycles. The number of carbonyl (C=O) groups is 1. The lowest BCUT2D eigenvalue weighted by Gasteiger charge is -2.13. The Bertz CT molecular complexity index is 1270. The SMILES string of the molecule is COc1ccc(/C=C/C(=O)c2ccc(-n3cccc3)cc2)cc1COc1cccc(C)c1C. The topological polar surface area (TPSA) is 40.5 Å². The van der Waals surface area contributed by atoms with Crippen LogP contribution in [0.4, 0.5) is 0 Å². The Hall–Kier alpha value is -4.05. The van der Waals surface area contributed by atoms with Gasteiger partial charge in [-0.3, -0.25) is 4.79 Å². The van der Waals surface area contributed by atoms with Crippen molar-refractivity contribution >= 4 is 11.9 Å². The van der Waals surface area contributed by atoms with Crippen molar-refractivity contribution in [1.82, 2.24) is 4.57 Å². The minimum Gasteiger partial charge on any atom is -0.496 e. The third-order valence-corrected chi connectivity index (χ3v) is 5.72. The Balaban J connectivity index is 1.47.